The summed E-state index contributed by atoms with van der Waals surface area (Å²) in [6.45, 7) is 8.78. The highest BCUT2D eigenvalue weighted by molar-refractivity contribution is 6.39. The average molecular weight is 523 g/mol. The van der Waals surface area contributed by atoms with Crippen LogP contribution in [0.1, 0.15) is 22.3 Å². The summed E-state index contributed by atoms with van der Waals surface area (Å²) in [5, 5.41) is 7.47. The van der Waals surface area contributed by atoms with Crippen LogP contribution in [0.2, 0.25) is 0 Å². The maximum absolute atomic E-state index is 6.96. The maximum Gasteiger partial charge on any atom is 0.115 e. The molecule has 0 heterocycles. The summed E-state index contributed by atoms with van der Waals surface area (Å²) in [5.74, 6) is 0. The van der Waals surface area contributed by atoms with E-state index in [0.717, 1.165) is 11.0 Å². The van der Waals surface area contributed by atoms with Crippen molar-refractivity contribution in [3.8, 4) is 33.4 Å². The van der Waals surface area contributed by atoms with Crippen molar-refractivity contribution in [1.82, 2.24) is 0 Å². The molecule has 0 aliphatic carbocycles. The minimum absolute atomic E-state index is 0.881. The van der Waals surface area contributed by atoms with E-state index in [2.05, 4.69) is 143 Å². The SMILES string of the molecule is [B]c1c(C)c(C)c(C)c(C)c1-c1c2ccccc2c(-c2ccc(-c3ccccc3)c3ccccc23)c2ccccc12. The van der Waals surface area contributed by atoms with Gasteiger partial charge in [0.2, 0.25) is 0 Å². The van der Waals surface area contributed by atoms with Gasteiger partial charge in [-0.05, 0) is 110 Å². The van der Waals surface area contributed by atoms with Crippen molar-refractivity contribution in [3.63, 3.8) is 0 Å². The van der Waals surface area contributed by atoms with Crippen molar-refractivity contribution < 1.29 is 0 Å². The third kappa shape index (κ3) is 3.84. The van der Waals surface area contributed by atoms with Crippen LogP contribution in [0.4, 0.5) is 0 Å². The van der Waals surface area contributed by atoms with E-state index in [1.165, 1.54) is 82.4 Å². The molecule has 7 aromatic rings. The molecule has 0 aromatic heterocycles. The van der Waals surface area contributed by atoms with Crippen LogP contribution in [-0.2, 0) is 0 Å². The Balaban J connectivity index is 1.64. The molecule has 0 bridgehead atoms. The van der Waals surface area contributed by atoms with Crippen LogP contribution in [0.25, 0.3) is 65.7 Å². The molecule has 7 rings (SSSR count). The Labute approximate surface area is 243 Å². The Morgan fingerprint density at radius 1 is 0.341 bits per heavy atom. The van der Waals surface area contributed by atoms with Crippen molar-refractivity contribution in [2.45, 2.75) is 27.7 Å². The molecular weight excluding hydrogens is 491 g/mol. The standard InChI is InChI=1S/C40H31B/c1-24-25(2)27(4)40(41)37(26(24)3)39-34-20-12-10-18-32(34)38(33-19-11-13-21-35(33)39)36-23-22-29(28-14-6-5-7-15-28)30-16-8-9-17-31(30)36/h5-23H,1-4H3. The van der Waals surface area contributed by atoms with Gasteiger partial charge in [0, 0.05) is 0 Å². The average Bonchev–Trinajstić information content (AvgIpc) is 3.02. The van der Waals surface area contributed by atoms with Crippen LogP contribution in [0, 0.1) is 27.7 Å². The summed E-state index contributed by atoms with van der Waals surface area (Å²) in [6.07, 6.45) is 0. The smallest absolute Gasteiger partial charge is 0.0855 e. The van der Waals surface area contributed by atoms with Crippen LogP contribution in [0.5, 0.6) is 0 Å². The number of fused-ring (bicyclic) bond motifs is 3. The van der Waals surface area contributed by atoms with Gasteiger partial charge in [0.1, 0.15) is 7.85 Å². The fraction of sp³-hybridized carbons (Fsp3) is 0.100. The molecule has 1 heteroatoms. The van der Waals surface area contributed by atoms with Gasteiger partial charge in [-0.2, -0.15) is 0 Å². The molecule has 2 radical (unpaired) electrons. The van der Waals surface area contributed by atoms with Crippen LogP contribution in [0.15, 0.2) is 115 Å². The Kier molecular flexibility index (Phi) is 6.05. The van der Waals surface area contributed by atoms with Gasteiger partial charge in [-0.15, -0.1) is 0 Å². The van der Waals surface area contributed by atoms with Gasteiger partial charge < -0.3 is 0 Å². The molecule has 0 amide bonds. The molecule has 0 unspecified atom stereocenters. The molecule has 41 heavy (non-hydrogen) atoms. The number of rotatable bonds is 3. The third-order valence-corrected chi connectivity index (χ3v) is 9.20. The van der Waals surface area contributed by atoms with Gasteiger partial charge in [0.15, 0.2) is 0 Å². The van der Waals surface area contributed by atoms with Crippen LogP contribution in [0.3, 0.4) is 0 Å². The van der Waals surface area contributed by atoms with E-state index in [1.54, 1.807) is 0 Å². The first-order valence-electron chi connectivity index (χ1n) is 14.3. The van der Waals surface area contributed by atoms with Crippen molar-refractivity contribution >= 4 is 45.6 Å². The highest BCUT2D eigenvalue weighted by Crippen LogP contribution is 2.47. The Morgan fingerprint density at radius 3 is 1.32 bits per heavy atom. The molecule has 0 fully saturated rings. The lowest BCUT2D eigenvalue weighted by atomic mass is 9.74. The second-order valence-corrected chi connectivity index (χ2v) is 11.2. The second kappa shape index (κ2) is 9.79. The molecule has 0 nitrogen and oxygen atoms in total. The molecule has 0 aliphatic rings. The van der Waals surface area contributed by atoms with Gasteiger partial charge in [0.25, 0.3) is 0 Å². The molecule has 7 aromatic carbocycles. The Morgan fingerprint density at radius 2 is 0.756 bits per heavy atom. The summed E-state index contributed by atoms with van der Waals surface area (Å²) in [4.78, 5) is 0. The minimum Gasteiger partial charge on any atom is -0.0855 e. The van der Waals surface area contributed by atoms with E-state index in [1.807, 2.05) is 0 Å². The second-order valence-electron chi connectivity index (χ2n) is 11.2. The predicted molar refractivity (Wildman–Crippen MR) is 180 cm³/mol. The largest absolute Gasteiger partial charge is 0.115 e. The molecular formula is C40H31B. The Bertz CT molecular complexity index is 2050. The van der Waals surface area contributed by atoms with E-state index in [9.17, 15) is 0 Å². The lowest BCUT2D eigenvalue weighted by molar-refractivity contribution is 1.24. The van der Waals surface area contributed by atoms with Gasteiger partial charge >= 0.3 is 0 Å². The summed E-state index contributed by atoms with van der Waals surface area (Å²) in [6, 6.07) is 41.8. The van der Waals surface area contributed by atoms with Crippen molar-refractivity contribution in [2.75, 3.05) is 0 Å². The first-order valence-corrected chi connectivity index (χ1v) is 14.3. The van der Waals surface area contributed by atoms with E-state index >= 15 is 0 Å². The maximum atomic E-state index is 6.96. The fourth-order valence-electron chi connectivity index (χ4n) is 6.74. The summed E-state index contributed by atoms with van der Waals surface area (Å²) < 4.78 is 0. The monoisotopic (exact) mass is 522 g/mol. The lowest BCUT2D eigenvalue weighted by Crippen LogP contribution is -2.17. The highest BCUT2D eigenvalue weighted by Gasteiger charge is 2.22. The normalized spacial score (nSPS) is 11.5. The first-order chi connectivity index (χ1) is 20.0. The van der Waals surface area contributed by atoms with Gasteiger partial charge in [0.05, 0.1) is 0 Å². The molecule has 0 saturated carbocycles. The molecule has 0 spiro atoms. The first kappa shape index (κ1) is 25.4. The van der Waals surface area contributed by atoms with Gasteiger partial charge in [-0.1, -0.05) is 126 Å². The highest BCUT2D eigenvalue weighted by atomic mass is 14.2. The zero-order valence-corrected chi connectivity index (χ0v) is 24.0. The third-order valence-electron chi connectivity index (χ3n) is 9.20. The number of hydrogen-bond donors (Lipinski definition) is 0. The zero-order valence-electron chi connectivity index (χ0n) is 24.0. The van der Waals surface area contributed by atoms with Crippen molar-refractivity contribution in [2.24, 2.45) is 0 Å². The van der Waals surface area contributed by atoms with E-state index in [0.29, 0.717) is 0 Å². The summed E-state index contributed by atoms with van der Waals surface area (Å²) >= 11 is 0. The van der Waals surface area contributed by atoms with Gasteiger partial charge in [-0.3, -0.25) is 0 Å². The van der Waals surface area contributed by atoms with Crippen LogP contribution < -0.4 is 5.46 Å². The molecule has 0 saturated heterocycles. The number of benzene rings is 7. The van der Waals surface area contributed by atoms with E-state index in [4.69, 9.17) is 7.85 Å². The molecule has 194 valence electrons. The fourth-order valence-corrected chi connectivity index (χ4v) is 6.74. The van der Waals surface area contributed by atoms with Crippen LogP contribution >= 0.6 is 0 Å². The van der Waals surface area contributed by atoms with Gasteiger partial charge in [-0.25, -0.2) is 0 Å². The molecule has 0 atom stereocenters. The lowest BCUT2D eigenvalue weighted by Gasteiger charge is -2.24. The Hall–Kier alpha value is -4.62. The van der Waals surface area contributed by atoms with Crippen molar-refractivity contribution in [3.05, 3.63) is 138 Å². The predicted octanol–water partition coefficient (Wildman–Crippen LogP) is 10.2. The topological polar surface area (TPSA) is 0 Å². The van der Waals surface area contributed by atoms with Crippen molar-refractivity contribution in [1.29, 1.82) is 0 Å². The quantitative estimate of drug-likeness (QED) is 0.160. The van der Waals surface area contributed by atoms with E-state index < -0.39 is 0 Å². The zero-order chi connectivity index (χ0) is 28.2. The van der Waals surface area contributed by atoms with Crippen LogP contribution in [-0.4, -0.2) is 7.85 Å². The molecule has 0 N–H and O–H groups in total. The number of hydrogen-bond acceptors (Lipinski definition) is 0. The molecule has 0 aliphatic heterocycles. The summed E-state index contributed by atoms with van der Waals surface area (Å²) in [7, 11) is 6.96. The summed E-state index contributed by atoms with van der Waals surface area (Å²) in [5.41, 5.74) is 13.3. The van der Waals surface area contributed by atoms with E-state index in [-0.39, 0.29) is 0 Å². The minimum atomic E-state index is 0.881.